The van der Waals surface area contributed by atoms with Crippen LogP contribution in [0.5, 0.6) is 0 Å². The Morgan fingerprint density at radius 1 is 0.963 bits per heavy atom. The van der Waals surface area contributed by atoms with E-state index >= 15 is 0 Å². The number of anilines is 1. The van der Waals surface area contributed by atoms with Crippen LogP contribution in [-0.4, -0.2) is 10.9 Å². The molecule has 0 spiro atoms. The van der Waals surface area contributed by atoms with Gasteiger partial charge in [-0.2, -0.15) is 0 Å². The van der Waals surface area contributed by atoms with E-state index in [4.69, 9.17) is 4.42 Å². The molecule has 1 saturated carbocycles. The van der Waals surface area contributed by atoms with E-state index in [0.29, 0.717) is 5.89 Å². The van der Waals surface area contributed by atoms with E-state index in [1.807, 2.05) is 36.4 Å². The van der Waals surface area contributed by atoms with E-state index in [0.717, 1.165) is 48.2 Å². The van der Waals surface area contributed by atoms with E-state index in [2.05, 4.69) is 29.4 Å². The fraction of sp³-hybridized carbons (Fsp3) is 0.304. The molecule has 3 aromatic rings. The number of amides is 1. The SMILES string of the molecule is Cc1ccc(-c2coc(-c3ccc(NC(=O)C4CCCCC4)cc3)n2)cc1. The van der Waals surface area contributed by atoms with Crippen LogP contribution in [0.4, 0.5) is 5.69 Å². The highest BCUT2D eigenvalue weighted by Gasteiger charge is 2.21. The molecule has 0 radical (unpaired) electrons. The van der Waals surface area contributed by atoms with Crippen molar-refractivity contribution in [2.75, 3.05) is 5.32 Å². The second-order valence-corrected chi connectivity index (χ2v) is 7.31. The standard InChI is InChI=1S/C23H24N2O2/c1-16-7-9-17(10-8-16)21-15-27-23(25-21)19-11-13-20(14-12-19)24-22(26)18-5-3-2-4-6-18/h7-15,18H,2-6H2,1H3,(H,24,26). The summed E-state index contributed by atoms with van der Waals surface area (Å²) in [6, 6.07) is 15.9. The molecular weight excluding hydrogens is 336 g/mol. The minimum Gasteiger partial charge on any atom is -0.444 e. The van der Waals surface area contributed by atoms with Crippen LogP contribution in [0, 0.1) is 12.8 Å². The molecule has 1 aliphatic rings. The first-order valence-corrected chi connectivity index (χ1v) is 9.63. The average molecular weight is 360 g/mol. The number of oxazole rings is 1. The summed E-state index contributed by atoms with van der Waals surface area (Å²) in [4.78, 5) is 17.0. The van der Waals surface area contributed by atoms with Crippen LogP contribution >= 0.6 is 0 Å². The molecule has 1 aromatic heterocycles. The van der Waals surface area contributed by atoms with Crippen molar-refractivity contribution in [3.05, 3.63) is 60.4 Å². The summed E-state index contributed by atoms with van der Waals surface area (Å²) < 4.78 is 5.65. The second kappa shape index (κ2) is 7.78. The molecule has 1 amide bonds. The van der Waals surface area contributed by atoms with Crippen LogP contribution in [0.1, 0.15) is 37.7 Å². The molecule has 1 fully saturated rings. The molecule has 2 aromatic carbocycles. The van der Waals surface area contributed by atoms with Crippen LogP contribution in [0.15, 0.2) is 59.2 Å². The van der Waals surface area contributed by atoms with Crippen LogP contribution < -0.4 is 5.32 Å². The predicted octanol–water partition coefficient (Wildman–Crippen LogP) is 5.84. The van der Waals surface area contributed by atoms with Gasteiger partial charge in [0.15, 0.2) is 0 Å². The normalized spacial score (nSPS) is 14.9. The number of aryl methyl sites for hydroxylation is 1. The Morgan fingerprint density at radius 2 is 1.63 bits per heavy atom. The molecule has 4 rings (SSSR count). The van der Waals surface area contributed by atoms with Crippen molar-refractivity contribution < 1.29 is 9.21 Å². The molecule has 1 heterocycles. The van der Waals surface area contributed by atoms with E-state index in [-0.39, 0.29) is 11.8 Å². The molecule has 0 bridgehead atoms. The van der Waals surface area contributed by atoms with Gasteiger partial charge in [0.25, 0.3) is 0 Å². The smallest absolute Gasteiger partial charge is 0.227 e. The molecule has 0 atom stereocenters. The molecule has 1 aliphatic carbocycles. The van der Waals surface area contributed by atoms with Crippen molar-refractivity contribution in [2.45, 2.75) is 39.0 Å². The van der Waals surface area contributed by atoms with Crippen molar-refractivity contribution in [2.24, 2.45) is 5.92 Å². The lowest BCUT2D eigenvalue weighted by Crippen LogP contribution is -2.24. The van der Waals surface area contributed by atoms with Gasteiger partial charge in [0.1, 0.15) is 12.0 Å². The Morgan fingerprint density at radius 3 is 2.33 bits per heavy atom. The number of carbonyl (C=O) groups excluding carboxylic acids is 1. The monoisotopic (exact) mass is 360 g/mol. The number of hydrogen-bond donors (Lipinski definition) is 1. The van der Waals surface area contributed by atoms with E-state index in [1.54, 1.807) is 6.26 Å². The van der Waals surface area contributed by atoms with Gasteiger partial charge >= 0.3 is 0 Å². The number of rotatable bonds is 4. The van der Waals surface area contributed by atoms with Crippen LogP contribution in [0.2, 0.25) is 0 Å². The van der Waals surface area contributed by atoms with Crippen molar-refractivity contribution in [1.82, 2.24) is 4.98 Å². The van der Waals surface area contributed by atoms with Crippen LogP contribution in [-0.2, 0) is 4.79 Å². The summed E-state index contributed by atoms with van der Waals surface area (Å²) in [5.41, 5.74) is 4.78. The van der Waals surface area contributed by atoms with Gasteiger partial charge in [-0.15, -0.1) is 0 Å². The van der Waals surface area contributed by atoms with Gasteiger partial charge in [-0.05, 0) is 44.0 Å². The van der Waals surface area contributed by atoms with Gasteiger partial charge in [-0.1, -0.05) is 49.1 Å². The number of hydrogen-bond acceptors (Lipinski definition) is 3. The number of aromatic nitrogens is 1. The van der Waals surface area contributed by atoms with Crippen molar-refractivity contribution in [1.29, 1.82) is 0 Å². The topological polar surface area (TPSA) is 55.1 Å². The van der Waals surface area contributed by atoms with E-state index in [1.165, 1.54) is 12.0 Å². The van der Waals surface area contributed by atoms with Gasteiger partial charge < -0.3 is 9.73 Å². The highest BCUT2D eigenvalue weighted by Crippen LogP contribution is 2.27. The number of nitrogens with one attached hydrogen (secondary N) is 1. The van der Waals surface area contributed by atoms with Crippen molar-refractivity contribution >= 4 is 11.6 Å². The Kier molecular flexibility index (Phi) is 5.05. The average Bonchev–Trinajstić information content (AvgIpc) is 3.20. The zero-order valence-corrected chi connectivity index (χ0v) is 15.6. The minimum atomic E-state index is 0.139. The first kappa shape index (κ1) is 17.5. The van der Waals surface area contributed by atoms with Gasteiger partial charge in [-0.3, -0.25) is 4.79 Å². The van der Waals surface area contributed by atoms with Gasteiger partial charge in [0.05, 0.1) is 0 Å². The second-order valence-electron chi connectivity index (χ2n) is 7.31. The summed E-state index contributed by atoms with van der Waals surface area (Å²) in [6.07, 6.45) is 7.25. The first-order valence-electron chi connectivity index (χ1n) is 9.63. The fourth-order valence-corrected chi connectivity index (χ4v) is 3.57. The summed E-state index contributed by atoms with van der Waals surface area (Å²) in [6.45, 7) is 2.06. The van der Waals surface area contributed by atoms with Crippen LogP contribution in [0.25, 0.3) is 22.7 Å². The predicted molar refractivity (Wildman–Crippen MR) is 107 cm³/mol. The van der Waals surface area contributed by atoms with E-state index in [9.17, 15) is 4.79 Å². The molecule has 138 valence electrons. The number of carbonyl (C=O) groups is 1. The summed E-state index contributed by atoms with van der Waals surface area (Å²) in [7, 11) is 0. The third-order valence-corrected chi connectivity index (χ3v) is 5.23. The third-order valence-electron chi connectivity index (χ3n) is 5.23. The van der Waals surface area contributed by atoms with Crippen LogP contribution in [0.3, 0.4) is 0 Å². The molecule has 27 heavy (non-hydrogen) atoms. The lowest BCUT2D eigenvalue weighted by Gasteiger charge is -2.20. The lowest BCUT2D eigenvalue weighted by atomic mass is 9.88. The largest absolute Gasteiger partial charge is 0.444 e. The summed E-state index contributed by atoms with van der Waals surface area (Å²) in [5.74, 6) is 0.873. The number of nitrogens with zero attached hydrogens (tertiary/aromatic N) is 1. The van der Waals surface area contributed by atoms with Gasteiger partial charge in [-0.25, -0.2) is 4.98 Å². The molecule has 0 saturated heterocycles. The Balaban J connectivity index is 1.44. The van der Waals surface area contributed by atoms with E-state index < -0.39 is 0 Å². The zero-order valence-electron chi connectivity index (χ0n) is 15.6. The molecule has 1 N–H and O–H groups in total. The maximum absolute atomic E-state index is 12.4. The highest BCUT2D eigenvalue weighted by molar-refractivity contribution is 5.92. The Bertz CT molecular complexity index is 904. The molecule has 0 aliphatic heterocycles. The highest BCUT2D eigenvalue weighted by atomic mass is 16.3. The van der Waals surface area contributed by atoms with Crippen molar-refractivity contribution in [3.8, 4) is 22.7 Å². The fourth-order valence-electron chi connectivity index (χ4n) is 3.57. The number of benzene rings is 2. The minimum absolute atomic E-state index is 0.139. The molecule has 4 heteroatoms. The maximum atomic E-state index is 12.4. The summed E-state index contributed by atoms with van der Waals surface area (Å²) >= 11 is 0. The molecule has 0 unspecified atom stereocenters. The Labute approximate surface area is 159 Å². The summed E-state index contributed by atoms with van der Waals surface area (Å²) in [5, 5.41) is 3.04. The quantitative estimate of drug-likeness (QED) is 0.636. The van der Waals surface area contributed by atoms with Crippen molar-refractivity contribution in [3.63, 3.8) is 0 Å². The third kappa shape index (κ3) is 4.11. The molecule has 4 nitrogen and oxygen atoms in total. The molecular formula is C23H24N2O2. The maximum Gasteiger partial charge on any atom is 0.227 e. The lowest BCUT2D eigenvalue weighted by molar-refractivity contribution is -0.120. The van der Waals surface area contributed by atoms with Gasteiger partial charge in [0.2, 0.25) is 11.8 Å². The zero-order chi connectivity index (χ0) is 18.6. The van der Waals surface area contributed by atoms with Gasteiger partial charge in [0, 0.05) is 22.7 Å². The Hall–Kier alpha value is -2.88. The first-order chi connectivity index (χ1) is 13.2.